The monoisotopic (exact) mass is 368 g/mol. The zero-order chi connectivity index (χ0) is 18.0. The van der Waals surface area contributed by atoms with Gasteiger partial charge in [-0.2, -0.15) is 13.2 Å². The number of carbonyl (C=O) groups is 1. The number of piperazine rings is 1. The molecule has 1 unspecified atom stereocenters. The fourth-order valence-corrected chi connectivity index (χ4v) is 3.00. The first kappa shape index (κ1) is 17.8. The van der Waals surface area contributed by atoms with Gasteiger partial charge in [-0.05, 0) is 29.3 Å². The second-order valence-electron chi connectivity index (χ2n) is 5.85. The van der Waals surface area contributed by atoms with E-state index >= 15 is 0 Å². The van der Waals surface area contributed by atoms with Crippen molar-refractivity contribution in [1.82, 2.24) is 10.2 Å². The Morgan fingerprint density at radius 2 is 1.80 bits per heavy atom. The van der Waals surface area contributed by atoms with Crippen molar-refractivity contribution in [2.75, 3.05) is 19.6 Å². The van der Waals surface area contributed by atoms with Crippen LogP contribution in [0.15, 0.2) is 48.5 Å². The normalized spacial score (nSPS) is 18.2. The lowest BCUT2D eigenvalue weighted by Gasteiger charge is -2.35. The molecule has 7 heteroatoms. The van der Waals surface area contributed by atoms with Crippen molar-refractivity contribution in [2.24, 2.45) is 0 Å². The maximum atomic E-state index is 12.9. The van der Waals surface area contributed by atoms with Crippen LogP contribution in [0.3, 0.4) is 0 Å². The molecule has 2 aromatic rings. The molecule has 1 amide bonds. The molecule has 0 aromatic heterocycles. The summed E-state index contributed by atoms with van der Waals surface area (Å²) in [5, 5.41) is 2.99. The summed E-state index contributed by atoms with van der Waals surface area (Å²) < 4.78 is 38.8. The molecule has 0 radical (unpaired) electrons. The molecular weight excluding hydrogens is 353 g/mol. The van der Waals surface area contributed by atoms with Gasteiger partial charge in [0, 0.05) is 30.2 Å². The predicted molar refractivity (Wildman–Crippen MR) is 90.6 cm³/mol. The zero-order valence-corrected chi connectivity index (χ0v) is 13.9. The number of halogens is 4. The van der Waals surface area contributed by atoms with E-state index in [-0.39, 0.29) is 13.1 Å². The molecule has 0 bridgehead atoms. The summed E-state index contributed by atoms with van der Waals surface area (Å²) in [7, 11) is 0. The quantitative estimate of drug-likeness (QED) is 0.869. The van der Waals surface area contributed by atoms with Gasteiger partial charge in [0.1, 0.15) is 6.04 Å². The Bertz CT molecular complexity index is 762. The highest BCUT2D eigenvalue weighted by molar-refractivity contribution is 6.30. The van der Waals surface area contributed by atoms with Gasteiger partial charge in [-0.1, -0.05) is 41.9 Å². The minimum absolute atomic E-state index is 0.110. The van der Waals surface area contributed by atoms with Crippen LogP contribution in [-0.4, -0.2) is 42.7 Å². The van der Waals surface area contributed by atoms with Crippen LogP contribution in [0.1, 0.15) is 10.4 Å². The fraction of sp³-hybridized carbons (Fsp3) is 0.278. The number of nitrogens with zero attached hydrogens (tertiary/aromatic N) is 1. The molecule has 1 heterocycles. The molecule has 2 aromatic carbocycles. The Labute approximate surface area is 148 Å². The number of amides is 1. The van der Waals surface area contributed by atoms with Crippen molar-refractivity contribution in [3.05, 3.63) is 59.1 Å². The zero-order valence-electron chi connectivity index (χ0n) is 13.2. The lowest BCUT2D eigenvalue weighted by atomic mass is 9.98. The molecule has 1 aliphatic heterocycles. The van der Waals surface area contributed by atoms with Crippen LogP contribution in [0, 0.1) is 0 Å². The number of benzene rings is 2. The number of carbonyl (C=O) groups excluding carboxylic acids is 1. The second kappa shape index (κ2) is 7.06. The van der Waals surface area contributed by atoms with Crippen LogP contribution in [0.25, 0.3) is 11.1 Å². The third kappa shape index (κ3) is 3.96. The maximum absolute atomic E-state index is 12.9. The highest BCUT2D eigenvalue weighted by atomic mass is 35.5. The summed E-state index contributed by atoms with van der Waals surface area (Å²) in [5.74, 6) is -0.402. The topological polar surface area (TPSA) is 32.3 Å². The first-order valence-corrected chi connectivity index (χ1v) is 8.18. The SMILES string of the molecule is O=C(c1ccccc1-c1ccc(Cl)cc1)N1CCNC(C(F)(F)F)C1. The van der Waals surface area contributed by atoms with Crippen LogP contribution in [-0.2, 0) is 0 Å². The van der Waals surface area contributed by atoms with Gasteiger partial charge in [0.15, 0.2) is 0 Å². The van der Waals surface area contributed by atoms with E-state index in [0.29, 0.717) is 16.1 Å². The molecule has 1 atom stereocenters. The van der Waals surface area contributed by atoms with Crippen LogP contribution in [0.4, 0.5) is 13.2 Å². The maximum Gasteiger partial charge on any atom is 0.405 e. The van der Waals surface area contributed by atoms with E-state index in [4.69, 9.17) is 11.6 Å². The summed E-state index contributed by atoms with van der Waals surface area (Å²) in [5.41, 5.74) is 1.84. The van der Waals surface area contributed by atoms with Crippen LogP contribution < -0.4 is 5.32 Å². The van der Waals surface area contributed by atoms with E-state index < -0.39 is 24.7 Å². The highest BCUT2D eigenvalue weighted by Gasteiger charge is 2.43. The highest BCUT2D eigenvalue weighted by Crippen LogP contribution is 2.28. The minimum Gasteiger partial charge on any atom is -0.335 e. The minimum atomic E-state index is -4.38. The first-order chi connectivity index (χ1) is 11.9. The summed E-state index contributed by atoms with van der Waals surface area (Å²) in [6.45, 7) is -0.0450. The summed E-state index contributed by atoms with van der Waals surface area (Å²) in [6, 6.07) is 12.2. The largest absolute Gasteiger partial charge is 0.405 e. The van der Waals surface area contributed by atoms with E-state index in [2.05, 4.69) is 5.32 Å². The third-order valence-corrected chi connectivity index (χ3v) is 4.42. The average molecular weight is 369 g/mol. The van der Waals surface area contributed by atoms with Crippen molar-refractivity contribution in [3.8, 4) is 11.1 Å². The molecule has 0 spiro atoms. The smallest absolute Gasteiger partial charge is 0.335 e. The Morgan fingerprint density at radius 3 is 2.48 bits per heavy atom. The Balaban J connectivity index is 1.89. The van der Waals surface area contributed by atoms with Crippen molar-refractivity contribution >= 4 is 17.5 Å². The molecule has 1 N–H and O–H groups in total. The van der Waals surface area contributed by atoms with E-state index in [1.54, 1.807) is 48.5 Å². The number of nitrogens with one attached hydrogen (secondary N) is 1. The summed E-state index contributed by atoms with van der Waals surface area (Å²) in [4.78, 5) is 14.1. The molecule has 1 aliphatic rings. The molecule has 25 heavy (non-hydrogen) atoms. The van der Waals surface area contributed by atoms with Gasteiger partial charge in [0.25, 0.3) is 5.91 Å². The van der Waals surface area contributed by atoms with Crippen molar-refractivity contribution in [3.63, 3.8) is 0 Å². The first-order valence-electron chi connectivity index (χ1n) is 7.80. The molecule has 0 aliphatic carbocycles. The van der Waals surface area contributed by atoms with Crippen LogP contribution in [0.5, 0.6) is 0 Å². The number of alkyl halides is 3. The summed E-state index contributed by atoms with van der Waals surface area (Å²) in [6.07, 6.45) is -4.38. The standard InChI is InChI=1S/C18H16ClF3N2O/c19-13-7-5-12(6-8-13)14-3-1-2-4-15(14)17(25)24-10-9-23-16(11-24)18(20,21)22/h1-8,16,23H,9-11H2. The van der Waals surface area contributed by atoms with Gasteiger partial charge in [-0.25, -0.2) is 0 Å². The molecule has 1 fully saturated rings. The lowest BCUT2D eigenvalue weighted by molar-refractivity contribution is -0.162. The third-order valence-electron chi connectivity index (χ3n) is 4.17. The molecule has 1 saturated heterocycles. The van der Waals surface area contributed by atoms with Gasteiger partial charge in [0.2, 0.25) is 0 Å². The number of rotatable bonds is 2. The fourth-order valence-electron chi connectivity index (χ4n) is 2.87. The Morgan fingerprint density at radius 1 is 1.12 bits per heavy atom. The lowest BCUT2D eigenvalue weighted by Crippen LogP contribution is -2.58. The Hall–Kier alpha value is -2.05. The molecule has 132 valence electrons. The number of hydrogen-bond donors (Lipinski definition) is 1. The van der Waals surface area contributed by atoms with Gasteiger partial charge >= 0.3 is 6.18 Å². The Kier molecular flexibility index (Phi) is 5.01. The van der Waals surface area contributed by atoms with Gasteiger partial charge < -0.3 is 10.2 Å². The second-order valence-corrected chi connectivity index (χ2v) is 6.29. The van der Waals surface area contributed by atoms with Gasteiger partial charge in [-0.15, -0.1) is 0 Å². The van der Waals surface area contributed by atoms with Crippen molar-refractivity contribution in [2.45, 2.75) is 12.2 Å². The average Bonchev–Trinajstić information content (AvgIpc) is 2.61. The van der Waals surface area contributed by atoms with Crippen LogP contribution >= 0.6 is 11.6 Å². The van der Waals surface area contributed by atoms with E-state index in [1.165, 1.54) is 4.90 Å². The predicted octanol–water partition coefficient (Wildman–Crippen LogP) is 3.98. The molecule has 3 rings (SSSR count). The van der Waals surface area contributed by atoms with E-state index in [0.717, 1.165) is 5.56 Å². The van der Waals surface area contributed by atoms with E-state index in [1.807, 2.05) is 0 Å². The van der Waals surface area contributed by atoms with Gasteiger partial charge in [-0.3, -0.25) is 4.79 Å². The molecule has 3 nitrogen and oxygen atoms in total. The van der Waals surface area contributed by atoms with Gasteiger partial charge in [0.05, 0.1) is 0 Å². The number of hydrogen-bond acceptors (Lipinski definition) is 2. The van der Waals surface area contributed by atoms with Crippen molar-refractivity contribution in [1.29, 1.82) is 0 Å². The summed E-state index contributed by atoms with van der Waals surface area (Å²) >= 11 is 5.89. The van der Waals surface area contributed by atoms with Crippen LogP contribution in [0.2, 0.25) is 5.02 Å². The molecular formula is C18H16ClF3N2O. The van der Waals surface area contributed by atoms with Crippen molar-refractivity contribution < 1.29 is 18.0 Å². The molecule has 0 saturated carbocycles. The van der Waals surface area contributed by atoms with E-state index in [9.17, 15) is 18.0 Å².